The van der Waals surface area contributed by atoms with Crippen LogP contribution in [0.15, 0.2) is 18.2 Å². The molecule has 0 radical (unpaired) electrons. The van der Waals surface area contributed by atoms with Gasteiger partial charge in [0, 0.05) is 5.56 Å². The van der Waals surface area contributed by atoms with E-state index in [1.54, 1.807) is 0 Å². The van der Waals surface area contributed by atoms with Crippen LogP contribution in [-0.2, 0) is 20.4 Å². The summed E-state index contributed by atoms with van der Waals surface area (Å²) in [7, 11) is 1.29. The maximum atomic E-state index is 12.3. The van der Waals surface area contributed by atoms with Crippen molar-refractivity contribution in [3.05, 3.63) is 34.9 Å². The van der Waals surface area contributed by atoms with Gasteiger partial charge in [0.25, 0.3) is 0 Å². The van der Waals surface area contributed by atoms with Crippen molar-refractivity contribution in [1.82, 2.24) is 0 Å². The maximum Gasteiger partial charge on any atom is 0.313 e. The van der Waals surface area contributed by atoms with E-state index in [2.05, 4.69) is 52.3 Å². The van der Waals surface area contributed by atoms with E-state index in [9.17, 15) is 9.59 Å². The number of rotatable bonds is 3. The molecular weight excluding hydrogens is 264 g/mol. The Morgan fingerprint density at radius 3 is 1.67 bits per heavy atom. The Hall–Kier alpha value is -1.64. The average molecular weight is 290 g/mol. The van der Waals surface area contributed by atoms with Gasteiger partial charge in [0.2, 0.25) is 0 Å². The Morgan fingerprint density at radius 1 is 0.905 bits per heavy atom. The summed E-state index contributed by atoms with van der Waals surface area (Å²) in [5.74, 6) is -0.697. The standard InChI is InChI=1S/C18H26O3/c1-17(2,3)13-8-12(15(19)11-16(20)21-7)9-14(10-13)18(4,5)6/h8-10H,11H2,1-7H3. The van der Waals surface area contributed by atoms with Gasteiger partial charge in [0.1, 0.15) is 6.42 Å². The largest absolute Gasteiger partial charge is 0.469 e. The minimum absolute atomic E-state index is 0.0540. The summed E-state index contributed by atoms with van der Waals surface area (Å²) < 4.78 is 4.58. The molecule has 116 valence electrons. The van der Waals surface area contributed by atoms with Crippen LogP contribution in [0.1, 0.15) is 69.4 Å². The van der Waals surface area contributed by atoms with E-state index in [-0.39, 0.29) is 23.0 Å². The first kappa shape index (κ1) is 17.4. The average Bonchev–Trinajstić information content (AvgIpc) is 2.35. The summed E-state index contributed by atoms with van der Waals surface area (Å²) in [6, 6.07) is 5.93. The lowest BCUT2D eigenvalue weighted by Gasteiger charge is -2.26. The van der Waals surface area contributed by atoms with Crippen molar-refractivity contribution in [1.29, 1.82) is 0 Å². The van der Waals surface area contributed by atoms with Crippen molar-refractivity contribution in [2.45, 2.75) is 58.8 Å². The second-order valence-electron chi connectivity index (χ2n) is 7.48. The van der Waals surface area contributed by atoms with Gasteiger partial charge in [-0.2, -0.15) is 0 Å². The van der Waals surface area contributed by atoms with Crippen molar-refractivity contribution in [2.24, 2.45) is 0 Å². The van der Waals surface area contributed by atoms with Crippen LogP contribution in [-0.4, -0.2) is 18.9 Å². The minimum Gasteiger partial charge on any atom is -0.469 e. The number of esters is 1. The molecule has 21 heavy (non-hydrogen) atoms. The van der Waals surface area contributed by atoms with Crippen LogP contribution in [0.2, 0.25) is 0 Å². The fraction of sp³-hybridized carbons (Fsp3) is 0.556. The van der Waals surface area contributed by atoms with Crippen molar-refractivity contribution in [2.75, 3.05) is 7.11 Å². The van der Waals surface area contributed by atoms with Crippen LogP contribution in [0.4, 0.5) is 0 Å². The molecule has 0 bridgehead atoms. The number of methoxy groups -OCH3 is 1. The van der Waals surface area contributed by atoms with E-state index in [0.29, 0.717) is 5.56 Å². The molecule has 0 saturated carbocycles. The van der Waals surface area contributed by atoms with E-state index in [4.69, 9.17) is 0 Å². The molecule has 0 heterocycles. The molecule has 0 aliphatic rings. The zero-order valence-electron chi connectivity index (χ0n) is 14.2. The summed E-state index contributed by atoms with van der Waals surface area (Å²) in [6.07, 6.45) is -0.215. The lowest BCUT2D eigenvalue weighted by Crippen LogP contribution is -2.19. The first-order valence-corrected chi connectivity index (χ1v) is 7.21. The van der Waals surface area contributed by atoms with Crippen LogP contribution in [0.3, 0.4) is 0 Å². The van der Waals surface area contributed by atoms with Crippen LogP contribution in [0.5, 0.6) is 0 Å². The number of ketones is 1. The Balaban J connectivity index is 3.32. The highest BCUT2D eigenvalue weighted by atomic mass is 16.5. The Kier molecular flexibility index (Phi) is 4.98. The van der Waals surface area contributed by atoms with Crippen molar-refractivity contribution in [3.8, 4) is 0 Å². The van der Waals surface area contributed by atoms with E-state index >= 15 is 0 Å². The second-order valence-corrected chi connectivity index (χ2v) is 7.48. The summed E-state index contributed by atoms with van der Waals surface area (Å²) in [4.78, 5) is 23.6. The third-order valence-corrected chi connectivity index (χ3v) is 3.52. The first-order valence-electron chi connectivity index (χ1n) is 7.21. The normalized spacial score (nSPS) is 12.1. The molecule has 0 fully saturated rings. The third kappa shape index (κ3) is 4.69. The topological polar surface area (TPSA) is 43.4 Å². The zero-order chi connectivity index (χ0) is 16.4. The number of benzene rings is 1. The molecule has 0 spiro atoms. The van der Waals surface area contributed by atoms with Crippen LogP contribution in [0, 0.1) is 0 Å². The van der Waals surface area contributed by atoms with Crippen molar-refractivity contribution in [3.63, 3.8) is 0 Å². The molecule has 0 saturated heterocycles. The fourth-order valence-electron chi connectivity index (χ4n) is 1.96. The minimum atomic E-state index is -0.501. The quantitative estimate of drug-likeness (QED) is 0.479. The molecule has 3 nitrogen and oxygen atoms in total. The summed E-state index contributed by atoms with van der Waals surface area (Å²) in [5.41, 5.74) is 2.67. The number of ether oxygens (including phenoxy) is 1. The Bertz CT molecular complexity index is 510. The summed E-state index contributed by atoms with van der Waals surface area (Å²) >= 11 is 0. The number of carbonyl (C=O) groups excluding carboxylic acids is 2. The van der Waals surface area contributed by atoms with E-state index in [1.165, 1.54) is 7.11 Å². The number of hydrogen-bond donors (Lipinski definition) is 0. The lowest BCUT2D eigenvalue weighted by molar-refractivity contribution is -0.139. The van der Waals surface area contributed by atoms with Crippen LogP contribution >= 0.6 is 0 Å². The molecule has 0 aliphatic heterocycles. The molecule has 0 unspecified atom stereocenters. The molecular formula is C18H26O3. The maximum absolute atomic E-state index is 12.3. The van der Waals surface area contributed by atoms with Gasteiger partial charge in [-0.1, -0.05) is 47.6 Å². The van der Waals surface area contributed by atoms with Crippen molar-refractivity contribution < 1.29 is 14.3 Å². The second kappa shape index (κ2) is 6.00. The van der Waals surface area contributed by atoms with Gasteiger partial charge in [0.15, 0.2) is 5.78 Å². The highest BCUT2D eigenvalue weighted by Crippen LogP contribution is 2.30. The van der Waals surface area contributed by atoms with Crippen molar-refractivity contribution >= 4 is 11.8 Å². The third-order valence-electron chi connectivity index (χ3n) is 3.52. The van der Waals surface area contributed by atoms with E-state index in [1.807, 2.05) is 12.1 Å². The Labute approximate surface area is 127 Å². The highest BCUT2D eigenvalue weighted by Gasteiger charge is 2.23. The predicted octanol–water partition coefficient (Wildman–Crippen LogP) is 4.03. The van der Waals surface area contributed by atoms with Gasteiger partial charge < -0.3 is 4.74 Å². The molecule has 1 aromatic carbocycles. The fourth-order valence-corrected chi connectivity index (χ4v) is 1.96. The van der Waals surface area contributed by atoms with E-state index < -0.39 is 5.97 Å². The summed E-state index contributed by atoms with van der Waals surface area (Å²) in [5, 5.41) is 0. The Morgan fingerprint density at radius 2 is 1.33 bits per heavy atom. The summed E-state index contributed by atoms with van der Waals surface area (Å²) in [6.45, 7) is 12.7. The van der Waals surface area contributed by atoms with Gasteiger partial charge >= 0.3 is 5.97 Å². The molecule has 0 aromatic heterocycles. The van der Waals surface area contributed by atoms with Gasteiger partial charge in [-0.3, -0.25) is 9.59 Å². The van der Waals surface area contributed by atoms with Gasteiger partial charge in [0.05, 0.1) is 7.11 Å². The molecule has 1 rings (SSSR count). The molecule has 1 aromatic rings. The number of Topliss-reactive ketones (excluding diaryl/α,β-unsaturated/α-hetero) is 1. The van der Waals surface area contributed by atoms with Crippen LogP contribution < -0.4 is 0 Å². The molecule has 0 N–H and O–H groups in total. The molecule has 0 atom stereocenters. The van der Waals surface area contributed by atoms with Crippen LogP contribution in [0.25, 0.3) is 0 Å². The monoisotopic (exact) mass is 290 g/mol. The first-order chi connectivity index (χ1) is 9.45. The molecule has 0 amide bonds. The number of hydrogen-bond acceptors (Lipinski definition) is 3. The smallest absolute Gasteiger partial charge is 0.313 e. The number of carbonyl (C=O) groups is 2. The molecule has 3 heteroatoms. The van der Waals surface area contributed by atoms with Gasteiger partial charge in [-0.05, 0) is 34.1 Å². The SMILES string of the molecule is COC(=O)CC(=O)c1cc(C(C)(C)C)cc(C(C)(C)C)c1. The van der Waals surface area contributed by atoms with E-state index in [0.717, 1.165) is 11.1 Å². The predicted molar refractivity (Wildman–Crippen MR) is 84.8 cm³/mol. The lowest BCUT2D eigenvalue weighted by atomic mass is 9.79. The van der Waals surface area contributed by atoms with Gasteiger partial charge in [-0.25, -0.2) is 0 Å². The molecule has 0 aliphatic carbocycles. The zero-order valence-corrected chi connectivity index (χ0v) is 14.2. The highest BCUT2D eigenvalue weighted by molar-refractivity contribution is 6.06. The van der Waals surface area contributed by atoms with Gasteiger partial charge in [-0.15, -0.1) is 0 Å².